The van der Waals surface area contributed by atoms with Crippen LogP contribution in [0, 0.1) is 0 Å². The molecule has 7 heteroatoms. The average Bonchev–Trinajstić information content (AvgIpc) is 3.28. The first-order valence-corrected chi connectivity index (χ1v) is 11.4. The van der Waals surface area contributed by atoms with E-state index in [9.17, 15) is 9.90 Å². The van der Waals surface area contributed by atoms with Crippen molar-refractivity contribution in [1.29, 1.82) is 0 Å². The van der Waals surface area contributed by atoms with Crippen molar-refractivity contribution >= 4 is 5.91 Å². The van der Waals surface area contributed by atoms with E-state index >= 15 is 0 Å². The Morgan fingerprint density at radius 3 is 2.67 bits per heavy atom. The number of hydrogen-bond acceptors (Lipinski definition) is 6. The Labute approximate surface area is 179 Å². The van der Waals surface area contributed by atoms with Crippen LogP contribution in [-0.2, 0) is 16.1 Å². The lowest BCUT2D eigenvalue weighted by atomic mass is 10.1. The van der Waals surface area contributed by atoms with E-state index < -0.39 is 6.10 Å². The summed E-state index contributed by atoms with van der Waals surface area (Å²) in [7, 11) is 0. The molecule has 0 unspecified atom stereocenters. The number of benzene rings is 1. The van der Waals surface area contributed by atoms with Crippen molar-refractivity contribution in [1.82, 2.24) is 14.7 Å². The van der Waals surface area contributed by atoms with E-state index in [0.29, 0.717) is 19.1 Å². The topological polar surface area (TPSA) is 65.5 Å². The summed E-state index contributed by atoms with van der Waals surface area (Å²) in [5.41, 5.74) is 1.14. The second kappa shape index (κ2) is 10.6. The summed E-state index contributed by atoms with van der Waals surface area (Å²) in [5.74, 6) is 1.04. The molecule has 2 saturated heterocycles. The highest BCUT2D eigenvalue weighted by Crippen LogP contribution is 2.25. The molecule has 1 aromatic rings. The lowest BCUT2D eigenvalue weighted by Crippen LogP contribution is -2.53. The number of carbonyl (C=O) groups is 1. The van der Waals surface area contributed by atoms with E-state index in [1.54, 1.807) is 0 Å². The molecule has 30 heavy (non-hydrogen) atoms. The van der Waals surface area contributed by atoms with Crippen molar-refractivity contribution in [2.24, 2.45) is 0 Å². The van der Waals surface area contributed by atoms with E-state index in [1.807, 2.05) is 18.2 Å². The molecule has 0 aromatic heterocycles. The van der Waals surface area contributed by atoms with E-state index in [4.69, 9.17) is 9.47 Å². The van der Waals surface area contributed by atoms with Gasteiger partial charge in [-0.25, -0.2) is 0 Å². The normalized spacial score (nSPS) is 23.1. The van der Waals surface area contributed by atoms with Gasteiger partial charge < -0.3 is 19.5 Å². The number of aliphatic hydroxyl groups is 1. The van der Waals surface area contributed by atoms with Crippen molar-refractivity contribution < 1.29 is 19.4 Å². The number of nitrogens with zero attached hydrogens (tertiary/aromatic N) is 3. The first-order valence-electron chi connectivity index (χ1n) is 11.4. The minimum absolute atomic E-state index is 0.270. The van der Waals surface area contributed by atoms with Gasteiger partial charge in [0.25, 0.3) is 0 Å². The fourth-order valence-corrected chi connectivity index (χ4v) is 4.79. The summed E-state index contributed by atoms with van der Waals surface area (Å²) in [5, 5.41) is 10.3. The fourth-order valence-electron chi connectivity index (χ4n) is 4.79. The molecule has 166 valence electrons. The maximum atomic E-state index is 12.6. The van der Waals surface area contributed by atoms with Crippen LogP contribution in [0.5, 0.6) is 5.75 Å². The zero-order valence-corrected chi connectivity index (χ0v) is 17.9. The first-order chi connectivity index (χ1) is 14.7. The number of morpholine rings is 1. The lowest BCUT2D eigenvalue weighted by molar-refractivity contribution is -0.138. The Hall–Kier alpha value is -1.67. The van der Waals surface area contributed by atoms with Gasteiger partial charge in [0, 0.05) is 45.3 Å². The van der Waals surface area contributed by atoms with Gasteiger partial charge >= 0.3 is 0 Å². The van der Waals surface area contributed by atoms with Gasteiger partial charge in [0.15, 0.2) is 0 Å². The van der Waals surface area contributed by atoms with Crippen molar-refractivity contribution in [3.8, 4) is 5.75 Å². The van der Waals surface area contributed by atoms with Gasteiger partial charge in [-0.15, -0.1) is 0 Å². The first kappa shape index (κ1) is 21.6. The van der Waals surface area contributed by atoms with Crippen LogP contribution in [0.25, 0.3) is 0 Å². The second-order valence-corrected chi connectivity index (χ2v) is 8.76. The fraction of sp³-hybridized carbons (Fsp3) is 0.696. The van der Waals surface area contributed by atoms with Crippen LogP contribution in [0.3, 0.4) is 0 Å². The van der Waals surface area contributed by atoms with Gasteiger partial charge in [-0.05, 0) is 30.5 Å². The average molecular weight is 418 g/mol. The Balaban J connectivity index is 1.23. The van der Waals surface area contributed by atoms with Gasteiger partial charge in [0.1, 0.15) is 18.5 Å². The SMILES string of the molecule is O=C1CN(Cc2cccc(OC[C@H](O)CN3CCOCC3)c2)CCN1C1CCCC1. The Kier molecular flexibility index (Phi) is 7.60. The molecular formula is C23H35N3O4. The molecule has 3 aliphatic rings. The van der Waals surface area contributed by atoms with Crippen LogP contribution in [0.4, 0.5) is 0 Å². The summed E-state index contributed by atoms with van der Waals surface area (Å²) >= 11 is 0. The zero-order valence-electron chi connectivity index (χ0n) is 17.9. The maximum absolute atomic E-state index is 12.6. The molecule has 1 saturated carbocycles. The highest BCUT2D eigenvalue weighted by molar-refractivity contribution is 5.79. The van der Waals surface area contributed by atoms with Crippen molar-refractivity contribution in [2.75, 3.05) is 59.1 Å². The van der Waals surface area contributed by atoms with Crippen molar-refractivity contribution in [2.45, 2.75) is 44.4 Å². The molecule has 2 aliphatic heterocycles. The van der Waals surface area contributed by atoms with Crippen LogP contribution >= 0.6 is 0 Å². The second-order valence-electron chi connectivity index (χ2n) is 8.76. The molecule has 0 bridgehead atoms. The molecule has 4 rings (SSSR count). The molecule has 1 aliphatic carbocycles. The van der Waals surface area contributed by atoms with E-state index in [1.165, 1.54) is 25.7 Å². The van der Waals surface area contributed by atoms with E-state index in [-0.39, 0.29) is 12.5 Å². The minimum Gasteiger partial charge on any atom is -0.491 e. The highest BCUT2D eigenvalue weighted by atomic mass is 16.5. The van der Waals surface area contributed by atoms with Crippen LogP contribution in [-0.4, -0.2) is 96.9 Å². The number of β-amino-alcohol motifs (C(OH)–C–C–N with tert-alkyl or cyclic N) is 1. The highest BCUT2D eigenvalue weighted by Gasteiger charge is 2.31. The molecule has 0 radical (unpaired) electrons. The molecular weight excluding hydrogens is 382 g/mol. The number of amides is 1. The smallest absolute Gasteiger partial charge is 0.237 e. The molecule has 2 heterocycles. The molecule has 0 spiro atoms. The summed E-state index contributed by atoms with van der Waals surface area (Å²) in [6.45, 7) is 7.07. The van der Waals surface area contributed by atoms with Gasteiger partial charge in [-0.1, -0.05) is 25.0 Å². The molecule has 1 N–H and O–H groups in total. The Morgan fingerprint density at radius 1 is 1.10 bits per heavy atom. The Bertz CT molecular complexity index is 689. The van der Waals surface area contributed by atoms with Gasteiger partial charge in [0.05, 0.1) is 19.8 Å². The van der Waals surface area contributed by atoms with Gasteiger partial charge in [-0.2, -0.15) is 0 Å². The standard InChI is InChI=1S/C23H35N3O4/c27-21(16-24-10-12-29-13-11-24)18-30-22-7-3-4-19(14-22)15-25-8-9-26(23(28)17-25)20-5-1-2-6-20/h3-4,7,14,20-21,27H,1-2,5-6,8-13,15-18H2/t21-/m1/s1. The predicted octanol–water partition coefficient (Wildman–Crippen LogP) is 1.35. The zero-order chi connectivity index (χ0) is 20.8. The van der Waals surface area contributed by atoms with Crippen molar-refractivity contribution in [3.63, 3.8) is 0 Å². The van der Waals surface area contributed by atoms with Crippen LogP contribution in [0.15, 0.2) is 24.3 Å². The number of rotatable bonds is 8. The number of aliphatic hydroxyl groups excluding tert-OH is 1. The van der Waals surface area contributed by atoms with Gasteiger partial charge in [0.2, 0.25) is 5.91 Å². The predicted molar refractivity (Wildman–Crippen MR) is 114 cm³/mol. The van der Waals surface area contributed by atoms with Crippen LogP contribution < -0.4 is 4.74 Å². The third kappa shape index (κ3) is 5.94. The lowest BCUT2D eigenvalue weighted by Gasteiger charge is -2.37. The maximum Gasteiger partial charge on any atom is 0.237 e. The summed E-state index contributed by atoms with van der Waals surface area (Å²) in [4.78, 5) is 19.1. The monoisotopic (exact) mass is 417 g/mol. The Morgan fingerprint density at radius 2 is 1.90 bits per heavy atom. The molecule has 7 nitrogen and oxygen atoms in total. The molecule has 1 amide bonds. The molecule has 3 fully saturated rings. The number of ether oxygens (including phenoxy) is 2. The third-order valence-corrected chi connectivity index (χ3v) is 6.42. The van der Waals surface area contributed by atoms with Crippen LogP contribution in [0.1, 0.15) is 31.2 Å². The number of hydrogen-bond donors (Lipinski definition) is 1. The van der Waals surface area contributed by atoms with Crippen LogP contribution in [0.2, 0.25) is 0 Å². The minimum atomic E-state index is -0.520. The van der Waals surface area contributed by atoms with Gasteiger partial charge in [-0.3, -0.25) is 14.6 Å². The molecule has 1 aromatic carbocycles. The van der Waals surface area contributed by atoms with Crippen molar-refractivity contribution in [3.05, 3.63) is 29.8 Å². The quantitative estimate of drug-likeness (QED) is 0.689. The third-order valence-electron chi connectivity index (χ3n) is 6.42. The summed E-state index contributed by atoms with van der Waals surface area (Å²) < 4.78 is 11.2. The summed E-state index contributed by atoms with van der Waals surface area (Å²) in [6, 6.07) is 8.48. The van der Waals surface area contributed by atoms with E-state index in [0.717, 1.165) is 57.3 Å². The molecule has 1 atom stereocenters. The number of carbonyl (C=O) groups excluding carboxylic acids is 1. The van der Waals surface area contributed by atoms with E-state index in [2.05, 4.69) is 20.8 Å². The number of piperazine rings is 1. The largest absolute Gasteiger partial charge is 0.491 e. The summed E-state index contributed by atoms with van der Waals surface area (Å²) in [6.07, 6.45) is 4.33.